The summed E-state index contributed by atoms with van der Waals surface area (Å²) in [5.41, 5.74) is 1.75. The molecule has 5 N–H and O–H groups in total. The van der Waals surface area contributed by atoms with Crippen molar-refractivity contribution in [3.8, 4) is 0 Å². The van der Waals surface area contributed by atoms with Gasteiger partial charge in [-0.05, 0) is 39.3 Å². The molecule has 1 amide bonds. The molecule has 2 rings (SSSR count). The summed E-state index contributed by atoms with van der Waals surface area (Å²) in [5.74, 6) is 3.34. The van der Waals surface area contributed by atoms with Gasteiger partial charge in [-0.2, -0.15) is 0 Å². The normalized spacial score (nSPS) is 10.6. The molecule has 0 aliphatic carbocycles. The molecule has 0 aliphatic heterocycles. The van der Waals surface area contributed by atoms with Gasteiger partial charge in [0, 0.05) is 5.56 Å². The van der Waals surface area contributed by atoms with Gasteiger partial charge in [0.05, 0.1) is 6.10 Å². The van der Waals surface area contributed by atoms with Crippen LogP contribution in [0.5, 0.6) is 0 Å². The number of aromatic nitrogens is 2. The topological polar surface area (TPSA) is 121 Å². The minimum Gasteiger partial charge on any atom is -0.393 e. The highest BCUT2D eigenvalue weighted by molar-refractivity contribution is 7.15. The second kappa shape index (κ2) is 11.7. The SMILES string of the molecule is CCC(C)O.Cc1ccc(C(=O)Nc2nnc(C)s2)cc1.NO. The quantitative estimate of drug-likeness (QED) is 0.637. The van der Waals surface area contributed by atoms with Crippen molar-refractivity contribution in [2.75, 3.05) is 5.32 Å². The minimum atomic E-state index is -0.156. The van der Waals surface area contributed by atoms with Gasteiger partial charge in [0.2, 0.25) is 5.13 Å². The van der Waals surface area contributed by atoms with E-state index in [9.17, 15) is 4.79 Å². The number of benzene rings is 1. The van der Waals surface area contributed by atoms with Gasteiger partial charge in [-0.1, -0.05) is 36.0 Å². The number of anilines is 1. The third-order valence-electron chi connectivity index (χ3n) is 2.65. The molecule has 1 heterocycles. The van der Waals surface area contributed by atoms with E-state index < -0.39 is 0 Å². The van der Waals surface area contributed by atoms with Crippen LogP contribution in [0.15, 0.2) is 24.3 Å². The first-order valence-corrected chi connectivity index (χ1v) is 7.86. The summed E-state index contributed by atoms with van der Waals surface area (Å²) in [6.07, 6.45) is 0.745. The van der Waals surface area contributed by atoms with E-state index in [1.165, 1.54) is 11.3 Å². The van der Waals surface area contributed by atoms with Crippen LogP contribution in [0.3, 0.4) is 0 Å². The van der Waals surface area contributed by atoms with Gasteiger partial charge in [-0.3, -0.25) is 10.1 Å². The number of aryl methyl sites for hydroxylation is 2. The number of carbonyl (C=O) groups is 1. The monoisotopic (exact) mass is 340 g/mol. The van der Waals surface area contributed by atoms with Gasteiger partial charge < -0.3 is 10.3 Å². The predicted octanol–water partition coefficient (Wildman–Crippen LogP) is 2.52. The number of aliphatic hydroxyl groups excluding tert-OH is 1. The van der Waals surface area contributed by atoms with Crippen LogP contribution in [-0.4, -0.2) is 32.5 Å². The zero-order valence-electron chi connectivity index (χ0n) is 13.8. The van der Waals surface area contributed by atoms with Crippen LogP contribution in [0.25, 0.3) is 0 Å². The Balaban J connectivity index is 0.000000594. The Labute approximate surface area is 140 Å². The number of nitrogens with one attached hydrogen (secondary N) is 1. The number of rotatable bonds is 3. The van der Waals surface area contributed by atoms with E-state index in [0.29, 0.717) is 10.7 Å². The highest BCUT2D eigenvalue weighted by Crippen LogP contribution is 2.15. The average Bonchev–Trinajstić information content (AvgIpc) is 2.95. The third kappa shape index (κ3) is 8.99. The molecule has 7 nitrogen and oxygen atoms in total. The van der Waals surface area contributed by atoms with E-state index in [0.717, 1.165) is 17.0 Å². The smallest absolute Gasteiger partial charge is 0.257 e. The summed E-state index contributed by atoms with van der Waals surface area (Å²) < 4.78 is 0. The fourth-order valence-electron chi connectivity index (χ4n) is 1.22. The highest BCUT2D eigenvalue weighted by Gasteiger charge is 2.08. The van der Waals surface area contributed by atoms with Crippen molar-refractivity contribution in [2.45, 2.75) is 40.2 Å². The molecule has 2 aromatic rings. The van der Waals surface area contributed by atoms with Gasteiger partial charge in [0.15, 0.2) is 0 Å². The number of nitrogens with zero attached hydrogens (tertiary/aromatic N) is 2. The van der Waals surface area contributed by atoms with Crippen LogP contribution in [-0.2, 0) is 0 Å². The van der Waals surface area contributed by atoms with E-state index in [1.54, 1.807) is 19.1 Å². The molecule has 23 heavy (non-hydrogen) atoms. The zero-order chi connectivity index (χ0) is 17.8. The van der Waals surface area contributed by atoms with E-state index in [4.69, 9.17) is 10.3 Å². The summed E-state index contributed by atoms with van der Waals surface area (Å²) in [7, 11) is 0. The molecular formula is C15H24N4O3S. The summed E-state index contributed by atoms with van der Waals surface area (Å²) in [5, 5.41) is 26.6. The molecule has 0 fully saturated rings. The minimum absolute atomic E-state index is 0.116. The molecule has 128 valence electrons. The van der Waals surface area contributed by atoms with Crippen molar-refractivity contribution in [1.29, 1.82) is 0 Å². The van der Waals surface area contributed by atoms with Gasteiger partial charge in [0.25, 0.3) is 5.91 Å². The lowest BCUT2D eigenvalue weighted by molar-refractivity contribution is 0.102. The van der Waals surface area contributed by atoms with Gasteiger partial charge in [-0.15, -0.1) is 10.2 Å². The zero-order valence-corrected chi connectivity index (χ0v) is 14.6. The molecule has 0 radical (unpaired) electrons. The number of hydrogen-bond acceptors (Lipinski definition) is 7. The molecule has 0 saturated carbocycles. The second-order valence-electron chi connectivity index (χ2n) is 4.70. The molecule has 1 aromatic heterocycles. The summed E-state index contributed by atoms with van der Waals surface area (Å²) in [6.45, 7) is 7.56. The van der Waals surface area contributed by atoms with Crippen LogP contribution in [0.4, 0.5) is 5.13 Å². The Bertz CT molecular complexity index is 570. The largest absolute Gasteiger partial charge is 0.393 e. The van der Waals surface area contributed by atoms with E-state index in [1.807, 2.05) is 32.9 Å². The standard InChI is InChI=1S/C11H11N3OS.C4H10O.H3NO/c1-7-3-5-9(6-4-7)10(15)12-11-14-13-8(2)16-11;1-3-4(2)5;1-2/h3-6H,1-2H3,(H,12,14,15);4-5H,3H2,1-2H3;2H,1H2. The Morgan fingerprint density at radius 1 is 1.26 bits per heavy atom. The maximum Gasteiger partial charge on any atom is 0.257 e. The van der Waals surface area contributed by atoms with Crippen molar-refractivity contribution < 1.29 is 15.1 Å². The number of nitrogens with two attached hydrogens (primary N) is 1. The van der Waals surface area contributed by atoms with Crippen LogP contribution in [0.2, 0.25) is 0 Å². The lowest BCUT2D eigenvalue weighted by Crippen LogP contribution is -2.11. The molecule has 0 spiro atoms. The van der Waals surface area contributed by atoms with Crippen LogP contribution < -0.4 is 11.2 Å². The predicted molar refractivity (Wildman–Crippen MR) is 91.7 cm³/mol. The van der Waals surface area contributed by atoms with E-state index in [2.05, 4.69) is 21.4 Å². The lowest BCUT2D eigenvalue weighted by atomic mass is 10.1. The first-order chi connectivity index (χ1) is 10.9. The Morgan fingerprint density at radius 2 is 1.78 bits per heavy atom. The Hall–Kier alpha value is -1.87. The van der Waals surface area contributed by atoms with Gasteiger partial charge in [0.1, 0.15) is 5.01 Å². The van der Waals surface area contributed by atoms with Crippen molar-refractivity contribution in [3.63, 3.8) is 0 Å². The molecule has 0 saturated heterocycles. The number of carbonyl (C=O) groups excluding carboxylic acids is 1. The molecule has 1 aromatic carbocycles. The van der Waals surface area contributed by atoms with Crippen molar-refractivity contribution in [2.24, 2.45) is 5.90 Å². The van der Waals surface area contributed by atoms with Crippen LogP contribution in [0, 0.1) is 13.8 Å². The molecule has 1 unspecified atom stereocenters. The van der Waals surface area contributed by atoms with Crippen LogP contribution in [0.1, 0.15) is 41.2 Å². The fourth-order valence-corrected chi connectivity index (χ4v) is 1.81. The van der Waals surface area contributed by atoms with Gasteiger partial charge >= 0.3 is 0 Å². The summed E-state index contributed by atoms with van der Waals surface area (Å²) >= 11 is 1.36. The summed E-state index contributed by atoms with van der Waals surface area (Å²) in [4.78, 5) is 11.8. The van der Waals surface area contributed by atoms with Crippen LogP contribution >= 0.6 is 11.3 Å². The molecular weight excluding hydrogens is 316 g/mol. The van der Waals surface area contributed by atoms with Crippen molar-refractivity contribution in [1.82, 2.24) is 10.2 Å². The second-order valence-corrected chi connectivity index (χ2v) is 5.89. The maximum atomic E-state index is 11.8. The lowest BCUT2D eigenvalue weighted by Gasteiger charge is -2.00. The third-order valence-corrected chi connectivity index (χ3v) is 3.41. The first-order valence-electron chi connectivity index (χ1n) is 7.04. The fraction of sp³-hybridized carbons (Fsp3) is 0.400. The number of amides is 1. The Morgan fingerprint density at radius 3 is 2.17 bits per heavy atom. The highest BCUT2D eigenvalue weighted by atomic mass is 32.1. The molecule has 8 heteroatoms. The maximum absolute atomic E-state index is 11.8. The first kappa shape index (κ1) is 21.1. The average molecular weight is 340 g/mol. The molecule has 0 bridgehead atoms. The summed E-state index contributed by atoms with van der Waals surface area (Å²) in [6, 6.07) is 7.39. The Kier molecular flexibility index (Phi) is 10.7. The van der Waals surface area contributed by atoms with E-state index in [-0.39, 0.29) is 12.0 Å². The van der Waals surface area contributed by atoms with Gasteiger partial charge in [-0.25, -0.2) is 5.90 Å². The molecule has 0 aliphatic rings. The van der Waals surface area contributed by atoms with Crippen molar-refractivity contribution in [3.05, 3.63) is 40.4 Å². The van der Waals surface area contributed by atoms with Crippen molar-refractivity contribution >= 4 is 22.4 Å². The number of aliphatic hydroxyl groups is 1. The molecule has 1 atom stereocenters. The number of hydrogen-bond donors (Lipinski definition) is 4. The van der Waals surface area contributed by atoms with E-state index >= 15 is 0 Å².